The maximum Gasteiger partial charge on any atom is 0.260 e. The molecule has 114 valence electrons. The van der Waals surface area contributed by atoms with E-state index in [1.165, 1.54) is 0 Å². The Labute approximate surface area is 139 Å². The van der Waals surface area contributed by atoms with Crippen molar-refractivity contribution in [3.8, 4) is 5.69 Å². The minimum atomic E-state index is 0.00558. The smallest absolute Gasteiger partial charge is 0.260 e. The number of carbonyl (C=O) groups is 1. The van der Waals surface area contributed by atoms with E-state index in [1.54, 1.807) is 4.90 Å². The van der Waals surface area contributed by atoms with Gasteiger partial charge in [0.2, 0.25) is 0 Å². The Balaban J connectivity index is 1.93. The van der Waals surface area contributed by atoms with Crippen LogP contribution >= 0.6 is 11.6 Å². The van der Waals surface area contributed by atoms with Crippen molar-refractivity contribution in [2.24, 2.45) is 0 Å². The lowest BCUT2D eigenvalue weighted by atomic mass is 10.1. The van der Waals surface area contributed by atoms with Crippen molar-refractivity contribution >= 4 is 23.2 Å². The third-order valence-electron chi connectivity index (χ3n) is 4.24. The molecule has 1 aromatic heterocycles. The van der Waals surface area contributed by atoms with E-state index in [0.29, 0.717) is 17.1 Å². The maximum absolute atomic E-state index is 13.1. The lowest BCUT2D eigenvalue weighted by Gasteiger charge is -2.21. The number of carbonyl (C=O) groups excluding carboxylic acids is 1. The van der Waals surface area contributed by atoms with Crippen molar-refractivity contribution in [3.05, 3.63) is 82.6 Å². The Morgan fingerprint density at radius 1 is 0.957 bits per heavy atom. The number of benzene rings is 2. The summed E-state index contributed by atoms with van der Waals surface area (Å²) in [4.78, 5) is 14.9. The van der Waals surface area contributed by atoms with E-state index in [-0.39, 0.29) is 5.91 Å². The highest BCUT2D eigenvalue weighted by atomic mass is 35.5. The van der Waals surface area contributed by atoms with Crippen LogP contribution in [-0.2, 0) is 6.54 Å². The minimum absolute atomic E-state index is 0.00558. The first-order valence-electron chi connectivity index (χ1n) is 7.49. The Hall–Kier alpha value is -2.52. The van der Waals surface area contributed by atoms with E-state index in [0.717, 1.165) is 22.8 Å². The summed E-state index contributed by atoms with van der Waals surface area (Å²) in [5, 5.41) is 0.663. The van der Waals surface area contributed by atoms with Gasteiger partial charge in [-0.05, 0) is 55.5 Å². The van der Waals surface area contributed by atoms with Crippen LogP contribution in [0.1, 0.15) is 21.7 Å². The van der Waals surface area contributed by atoms with Crippen LogP contribution in [-0.4, -0.2) is 10.5 Å². The zero-order chi connectivity index (χ0) is 16.0. The van der Waals surface area contributed by atoms with E-state index in [2.05, 4.69) is 23.6 Å². The van der Waals surface area contributed by atoms with Gasteiger partial charge in [0.15, 0.2) is 0 Å². The van der Waals surface area contributed by atoms with E-state index < -0.39 is 0 Å². The van der Waals surface area contributed by atoms with Crippen LogP contribution < -0.4 is 4.90 Å². The Kier molecular flexibility index (Phi) is 3.24. The summed E-state index contributed by atoms with van der Waals surface area (Å²) in [6.45, 7) is 2.59. The highest BCUT2D eigenvalue weighted by Crippen LogP contribution is 2.30. The molecular weight excluding hydrogens is 308 g/mol. The maximum atomic E-state index is 13.1. The molecule has 4 rings (SSSR count). The van der Waals surface area contributed by atoms with Gasteiger partial charge in [-0.15, -0.1) is 0 Å². The number of halogens is 1. The van der Waals surface area contributed by atoms with Crippen LogP contribution in [0.3, 0.4) is 0 Å². The van der Waals surface area contributed by atoms with Gasteiger partial charge in [-0.25, -0.2) is 0 Å². The number of fused-ring (bicyclic) bond motifs is 3. The first-order chi connectivity index (χ1) is 11.1. The van der Waals surface area contributed by atoms with Crippen molar-refractivity contribution in [1.29, 1.82) is 0 Å². The molecule has 0 saturated heterocycles. The number of aromatic nitrogens is 1. The average molecular weight is 323 g/mol. The summed E-state index contributed by atoms with van der Waals surface area (Å²) < 4.78 is 2.16. The van der Waals surface area contributed by atoms with Crippen LogP contribution in [0.25, 0.3) is 5.69 Å². The summed E-state index contributed by atoms with van der Waals surface area (Å²) in [5.41, 5.74) is 4.71. The highest BCUT2D eigenvalue weighted by molar-refractivity contribution is 6.30. The number of aryl methyl sites for hydroxylation is 1. The number of amides is 1. The molecule has 3 aromatic rings. The minimum Gasteiger partial charge on any atom is -0.316 e. The summed E-state index contributed by atoms with van der Waals surface area (Å²) in [6, 6.07) is 19.3. The Bertz CT molecular complexity index is 896. The van der Waals surface area contributed by atoms with Crippen molar-refractivity contribution in [2.75, 3.05) is 4.90 Å². The van der Waals surface area contributed by atoms with Crippen LogP contribution in [0.15, 0.2) is 60.7 Å². The van der Waals surface area contributed by atoms with Crippen LogP contribution in [0.5, 0.6) is 0 Å². The monoisotopic (exact) mass is 322 g/mol. The third-order valence-corrected chi connectivity index (χ3v) is 4.49. The fraction of sp³-hybridized carbons (Fsp3) is 0.105. The molecule has 0 aliphatic carbocycles. The number of rotatable bonds is 1. The van der Waals surface area contributed by atoms with E-state index in [9.17, 15) is 4.79 Å². The van der Waals surface area contributed by atoms with Gasteiger partial charge in [-0.3, -0.25) is 4.79 Å². The summed E-state index contributed by atoms with van der Waals surface area (Å²) in [6.07, 6.45) is 0. The molecule has 0 radical (unpaired) electrons. The highest BCUT2D eigenvalue weighted by Gasteiger charge is 2.27. The first kappa shape index (κ1) is 14.1. The second-order valence-corrected chi connectivity index (χ2v) is 6.12. The number of hydrogen-bond acceptors (Lipinski definition) is 1. The fourth-order valence-electron chi connectivity index (χ4n) is 3.12. The molecule has 23 heavy (non-hydrogen) atoms. The van der Waals surface area contributed by atoms with Crippen molar-refractivity contribution in [3.63, 3.8) is 0 Å². The number of hydrogen-bond donors (Lipinski definition) is 0. The molecule has 1 amide bonds. The molecule has 0 saturated carbocycles. The zero-order valence-electron chi connectivity index (χ0n) is 12.7. The third kappa shape index (κ3) is 2.25. The van der Waals surface area contributed by atoms with Crippen molar-refractivity contribution in [2.45, 2.75) is 13.5 Å². The molecule has 0 atom stereocenters. The molecular formula is C19H15ClN2O. The molecule has 2 aromatic carbocycles. The summed E-state index contributed by atoms with van der Waals surface area (Å²) >= 11 is 5.98. The second kappa shape index (κ2) is 5.28. The molecule has 0 bridgehead atoms. The molecule has 3 nitrogen and oxygen atoms in total. The first-order valence-corrected chi connectivity index (χ1v) is 7.87. The van der Waals surface area contributed by atoms with Crippen molar-refractivity contribution in [1.82, 2.24) is 4.57 Å². The average Bonchev–Trinajstić information content (AvgIpc) is 2.87. The lowest BCUT2D eigenvalue weighted by molar-refractivity contribution is 0.0986. The van der Waals surface area contributed by atoms with Gasteiger partial charge in [-0.2, -0.15) is 0 Å². The van der Waals surface area contributed by atoms with Crippen LogP contribution in [0.2, 0.25) is 5.02 Å². The molecule has 1 aliphatic rings. The quantitative estimate of drug-likeness (QED) is 0.642. The molecule has 0 N–H and O–H groups in total. The molecule has 4 heteroatoms. The fourth-order valence-corrected chi connectivity index (χ4v) is 3.24. The van der Waals surface area contributed by atoms with Gasteiger partial charge in [0.1, 0.15) is 0 Å². The molecule has 1 aliphatic heterocycles. The SMILES string of the molecule is Cc1ccc2n1-c1ccccc1C(=O)N(c1ccc(Cl)cc1)C2. The van der Waals surface area contributed by atoms with Gasteiger partial charge in [-0.1, -0.05) is 23.7 Å². The van der Waals surface area contributed by atoms with E-state index in [4.69, 9.17) is 11.6 Å². The zero-order valence-corrected chi connectivity index (χ0v) is 13.4. The summed E-state index contributed by atoms with van der Waals surface area (Å²) in [7, 11) is 0. The topological polar surface area (TPSA) is 25.2 Å². The largest absolute Gasteiger partial charge is 0.316 e. The predicted octanol–water partition coefficient (Wildman–Crippen LogP) is 4.60. The van der Waals surface area contributed by atoms with Gasteiger partial charge in [0.25, 0.3) is 5.91 Å². The number of nitrogens with zero attached hydrogens (tertiary/aromatic N) is 2. The number of anilines is 1. The molecule has 0 spiro atoms. The number of para-hydroxylation sites is 1. The molecule has 0 fully saturated rings. The second-order valence-electron chi connectivity index (χ2n) is 5.69. The Morgan fingerprint density at radius 2 is 1.70 bits per heavy atom. The Morgan fingerprint density at radius 3 is 2.48 bits per heavy atom. The predicted molar refractivity (Wildman–Crippen MR) is 92.5 cm³/mol. The summed E-state index contributed by atoms with van der Waals surface area (Å²) in [5.74, 6) is 0.00558. The van der Waals surface area contributed by atoms with Crippen LogP contribution in [0.4, 0.5) is 5.69 Å². The van der Waals surface area contributed by atoms with Gasteiger partial charge in [0, 0.05) is 22.1 Å². The molecule has 2 heterocycles. The van der Waals surface area contributed by atoms with E-state index >= 15 is 0 Å². The standard InChI is InChI=1S/C19H15ClN2O/c1-13-6-9-16-12-21(15-10-7-14(20)8-11-15)19(23)17-4-2-3-5-18(17)22(13)16/h2-11H,12H2,1H3. The van der Waals surface area contributed by atoms with Gasteiger partial charge < -0.3 is 9.47 Å². The lowest BCUT2D eigenvalue weighted by Crippen LogP contribution is -2.29. The normalized spacial score (nSPS) is 13.5. The molecule has 0 unspecified atom stereocenters. The van der Waals surface area contributed by atoms with E-state index in [1.807, 2.05) is 48.5 Å². The van der Waals surface area contributed by atoms with Crippen molar-refractivity contribution < 1.29 is 4.79 Å². The van der Waals surface area contributed by atoms with Gasteiger partial charge >= 0.3 is 0 Å². The van der Waals surface area contributed by atoms with Gasteiger partial charge in [0.05, 0.1) is 17.8 Å². The van der Waals surface area contributed by atoms with Crippen LogP contribution in [0, 0.1) is 6.92 Å².